The summed E-state index contributed by atoms with van der Waals surface area (Å²) < 4.78 is 0. The second kappa shape index (κ2) is 4.73. The molecule has 0 aromatic heterocycles. The third-order valence-corrected chi connectivity index (χ3v) is 2.61. The number of hydrogen-bond acceptors (Lipinski definition) is 2. The van der Waals surface area contributed by atoms with E-state index in [4.69, 9.17) is 5.11 Å². The summed E-state index contributed by atoms with van der Waals surface area (Å²) in [7, 11) is 2.18. The zero-order chi connectivity index (χ0) is 8.10. The summed E-state index contributed by atoms with van der Waals surface area (Å²) in [6.45, 7) is 2.86. The standard InChI is InChI=1S/C9H19NO/c1-10-6-4-9(5-7-10)3-2-8-11/h9,11H,2-8H2,1H3. The molecule has 66 valence electrons. The number of nitrogens with zero attached hydrogens (tertiary/aromatic N) is 1. The maximum absolute atomic E-state index is 8.64. The molecular weight excluding hydrogens is 138 g/mol. The fourth-order valence-electron chi connectivity index (χ4n) is 1.73. The number of piperidine rings is 1. The molecule has 0 aromatic rings. The summed E-state index contributed by atoms with van der Waals surface area (Å²) in [6, 6.07) is 0. The van der Waals surface area contributed by atoms with Gasteiger partial charge in [-0.1, -0.05) is 0 Å². The molecule has 0 spiro atoms. The molecule has 1 rings (SSSR count). The Labute approximate surface area is 69.2 Å². The second-order valence-electron chi connectivity index (χ2n) is 3.61. The molecule has 11 heavy (non-hydrogen) atoms. The van der Waals surface area contributed by atoms with E-state index in [1.165, 1.54) is 32.4 Å². The van der Waals surface area contributed by atoms with E-state index in [1.807, 2.05) is 0 Å². The van der Waals surface area contributed by atoms with Crippen LogP contribution in [-0.2, 0) is 0 Å². The van der Waals surface area contributed by atoms with Crippen LogP contribution in [0, 0.1) is 5.92 Å². The predicted octanol–water partition coefficient (Wildman–Crippen LogP) is 1.10. The van der Waals surface area contributed by atoms with Crippen molar-refractivity contribution in [2.45, 2.75) is 25.7 Å². The smallest absolute Gasteiger partial charge is 0.0431 e. The molecular formula is C9H19NO. The van der Waals surface area contributed by atoms with Crippen molar-refractivity contribution in [3.05, 3.63) is 0 Å². The van der Waals surface area contributed by atoms with Crippen LogP contribution >= 0.6 is 0 Å². The van der Waals surface area contributed by atoms with E-state index in [0.717, 1.165) is 12.3 Å². The Kier molecular flexibility index (Phi) is 3.87. The molecule has 0 aromatic carbocycles. The Morgan fingerprint density at radius 3 is 2.55 bits per heavy atom. The molecule has 0 bridgehead atoms. The Balaban J connectivity index is 2.07. The van der Waals surface area contributed by atoms with Gasteiger partial charge in [-0.15, -0.1) is 0 Å². The predicted molar refractivity (Wildman–Crippen MR) is 46.5 cm³/mol. The summed E-state index contributed by atoms with van der Waals surface area (Å²) in [5, 5.41) is 8.64. The summed E-state index contributed by atoms with van der Waals surface area (Å²) in [5.74, 6) is 0.887. The lowest BCUT2D eigenvalue weighted by Gasteiger charge is -2.28. The molecule has 2 heteroatoms. The molecule has 1 fully saturated rings. The van der Waals surface area contributed by atoms with Crippen molar-refractivity contribution in [3.63, 3.8) is 0 Å². The lowest BCUT2D eigenvalue weighted by atomic mass is 9.93. The van der Waals surface area contributed by atoms with E-state index in [2.05, 4.69) is 11.9 Å². The van der Waals surface area contributed by atoms with E-state index in [1.54, 1.807) is 0 Å². The van der Waals surface area contributed by atoms with Crippen LogP contribution in [0.2, 0.25) is 0 Å². The highest BCUT2D eigenvalue weighted by Gasteiger charge is 2.15. The molecule has 0 saturated carbocycles. The average Bonchev–Trinajstić information content (AvgIpc) is 2.04. The van der Waals surface area contributed by atoms with Gasteiger partial charge in [-0.3, -0.25) is 0 Å². The van der Waals surface area contributed by atoms with Gasteiger partial charge in [0.25, 0.3) is 0 Å². The summed E-state index contributed by atoms with van der Waals surface area (Å²) in [5.41, 5.74) is 0. The molecule has 1 N–H and O–H groups in total. The van der Waals surface area contributed by atoms with Gasteiger partial charge in [0, 0.05) is 6.61 Å². The highest BCUT2D eigenvalue weighted by atomic mass is 16.2. The Morgan fingerprint density at radius 1 is 1.36 bits per heavy atom. The maximum Gasteiger partial charge on any atom is 0.0431 e. The van der Waals surface area contributed by atoms with Crippen molar-refractivity contribution < 1.29 is 5.11 Å². The van der Waals surface area contributed by atoms with Gasteiger partial charge < -0.3 is 10.0 Å². The topological polar surface area (TPSA) is 23.5 Å². The summed E-state index contributed by atoms with van der Waals surface area (Å²) >= 11 is 0. The average molecular weight is 157 g/mol. The number of likely N-dealkylation sites (tertiary alicyclic amines) is 1. The largest absolute Gasteiger partial charge is 0.396 e. The van der Waals surface area contributed by atoms with E-state index >= 15 is 0 Å². The van der Waals surface area contributed by atoms with Gasteiger partial charge in [-0.05, 0) is 51.7 Å². The van der Waals surface area contributed by atoms with Crippen molar-refractivity contribution in [2.24, 2.45) is 5.92 Å². The van der Waals surface area contributed by atoms with E-state index in [-0.39, 0.29) is 0 Å². The van der Waals surface area contributed by atoms with Gasteiger partial charge in [-0.2, -0.15) is 0 Å². The first kappa shape index (κ1) is 9.01. The number of aliphatic hydroxyl groups is 1. The van der Waals surface area contributed by atoms with Crippen molar-refractivity contribution >= 4 is 0 Å². The van der Waals surface area contributed by atoms with Crippen molar-refractivity contribution in [2.75, 3.05) is 26.7 Å². The monoisotopic (exact) mass is 157 g/mol. The minimum absolute atomic E-state index is 0.367. The highest BCUT2D eigenvalue weighted by molar-refractivity contribution is 4.69. The third-order valence-electron chi connectivity index (χ3n) is 2.61. The Bertz CT molecular complexity index is 95.0. The van der Waals surface area contributed by atoms with E-state index < -0.39 is 0 Å². The quantitative estimate of drug-likeness (QED) is 0.663. The Morgan fingerprint density at radius 2 is 2.00 bits per heavy atom. The zero-order valence-corrected chi connectivity index (χ0v) is 7.42. The minimum atomic E-state index is 0.367. The van der Waals surface area contributed by atoms with Crippen LogP contribution in [0.1, 0.15) is 25.7 Å². The van der Waals surface area contributed by atoms with Crippen LogP contribution in [0.25, 0.3) is 0 Å². The van der Waals surface area contributed by atoms with Gasteiger partial charge in [0.2, 0.25) is 0 Å². The molecule has 1 saturated heterocycles. The van der Waals surface area contributed by atoms with Crippen molar-refractivity contribution in [1.82, 2.24) is 4.90 Å². The first-order valence-corrected chi connectivity index (χ1v) is 4.62. The van der Waals surface area contributed by atoms with Gasteiger partial charge in [-0.25, -0.2) is 0 Å². The first-order valence-electron chi connectivity index (χ1n) is 4.62. The van der Waals surface area contributed by atoms with Crippen LogP contribution in [0.4, 0.5) is 0 Å². The van der Waals surface area contributed by atoms with Crippen LogP contribution in [0.15, 0.2) is 0 Å². The molecule has 0 aliphatic carbocycles. The lowest BCUT2D eigenvalue weighted by Crippen LogP contribution is -2.30. The molecule has 1 heterocycles. The number of aliphatic hydroxyl groups excluding tert-OH is 1. The minimum Gasteiger partial charge on any atom is -0.396 e. The lowest BCUT2D eigenvalue weighted by molar-refractivity contribution is 0.197. The van der Waals surface area contributed by atoms with Crippen LogP contribution in [0.5, 0.6) is 0 Å². The van der Waals surface area contributed by atoms with Crippen LogP contribution < -0.4 is 0 Å². The van der Waals surface area contributed by atoms with Gasteiger partial charge >= 0.3 is 0 Å². The zero-order valence-electron chi connectivity index (χ0n) is 7.42. The molecule has 0 atom stereocenters. The van der Waals surface area contributed by atoms with Gasteiger partial charge in [0.05, 0.1) is 0 Å². The van der Waals surface area contributed by atoms with Gasteiger partial charge in [0.15, 0.2) is 0 Å². The molecule has 0 radical (unpaired) electrons. The van der Waals surface area contributed by atoms with Crippen LogP contribution in [0.3, 0.4) is 0 Å². The third kappa shape index (κ3) is 3.21. The summed E-state index contributed by atoms with van der Waals surface area (Å²) in [4.78, 5) is 2.38. The maximum atomic E-state index is 8.64. The number of rotatable bonds is 3. The normalized spacial score (nSPS) is 22.4. The van der Waals surface area contributed by atoms with E-state index in [0.29, 0.717) is 6.61 Å². The van der Waals surface area contributed by atoms with Crippen molar-refractivity contribution in [1.29, 1.82) is 0 Å². The number of hydrogen-bond donors (Lipinski definition) is 1. The molecule has 1 aliphatic heterocycles. The second-order valence-corrected chi connectivity index (χ2v) is 3.61. The molecule has 0 unspecified atom stereocenters. The van der Waals surface area contributed by atoms with E-state index in [9.17, 15) is 0 Å². The Hall–Kier alpha value is -0.0800. The molecule has 0 amide bonds. The SMILES string of the molecule is CN1CCC(CCCO)CC1. The highest BCUT2D eigenvalue weighted by Crippen LogP contribution is 2.20. The fraction of sp³-hybridized carbons (Fsp3) is 1.00. The fourth-order valence-corrected chi connectivity index (χ4v) is 1.73. The molecule has 1 aliphatic rings. The van der Waals surface area contributed by atoms with Crippen LogP contribution in [-0.4, -0.2) is 36.8 Å². The summed E-state index contributed by atoms with van der Waals surface area (Å²) in [6.07, 6.45) is 4.88. The van der Waals surface area contributed by atoms with Gasteiger partial charge in [0.1, 0.15) is 0 Å². The molecule has 2 nitrogen and oxygen atoms in total. The first-order chi connectivity index (χ1) is 5.33. The van der Waals surface area contributed by atoms with Crippen molar-refractivity contribution in [3.8, 4) is 0 Å².